The van der Waals surface area contributed by atoms with E-state index in [4.69, 9.17) is 4.74 Å². The first-order valence-electron chi connectivity index (χ1n) is 10.7. The van der Waals surface area contributed by atoms with Gasteiger partial charge >= 0.3 is 0 Å². The number of rotatable bonds is 5. The van der Waals surface area contributed by atoms with E-state index in [0.29, 0.717) is 31.9 Å². The predicted molar refractivity (Wildman–Crippen MR) is 110 cm³/mol. The summed E-state index contributed by atoms with van der Waals surface area (Å²) < 4.78 is 5.32. The van der Waals surface area contributed by atoms with Crippen LogP contribution in [0.3, 0.4) is 0 Å². The zero-order valence-electron chi connectivity index (χ0n) is 17.0. The number of morpholine rings is 1. The average Bonchev–Trinajstić information content (AvgIpc) is 3.23. The van der Waals surface area contributed by atoms with Gasteiger partial charge in [-0.3, -0.25) is 9.69 Å². The first-order valence-corrected chi connectivity index (χ1v) is 10.7. The quantitative estimate of drug-likeness (QED) is 0.827. The van der Waals surface area contributed by atoms with Gasteiger partial charge in [-0.05, 0) is 32.0 Å². The summed E-state index contributed by atoms with van der Waals surface area (Å²) >= 11 is 0. The lowest BCUT2D eigenvalue weighted by Crippen LogP contribution is -2.58. The number of pyridine rings is 1. The Morgan fingerprint density at radius 1 is 1.11 bits per heavy atom. The molecule has 1 aliphatic carbocycles. The van der Waals surface area contributed by atoms with E-state index in [9.17, 15) is 4.79 Å². The lowest BCUT2D eigenvalue weighted by atomic mass is 9.93. The smallest absolute Gasteiger partial charge is 0.255 e. The second-order valence-corrected chi connectivity index (χ2v) is 8.41. The minimum Gasteiger partial charge on any atom is -0.378 e. The predicted octanol–water partition coefficient (Wildman–Crippen LogP) is 1.53. The number of likely N-dealkylation sites (N-methyl/N-ethyl adjacent to an activating group) is 1. The van der Waals surface area contributed by atoms with E-state index in [0.717, 1.165) is 38.5 Å². The molecule has 0 radical (unpaired) electrons. The van der Waals surface area contributed by atoms with Crippen LogP contribution in [0.15, 0.2) is 18.3 Å². The van der Waals surface area contributed by atoms with Crippen LogP contribution in [0.5, 0.6) is 0 Å². The van der Waals surface area contributed by atoms with Gasteiger partial charge in [0, 0.05) is 57.5 Å². The fourth-order valence-electron chi connectivity index (χ4n) is 4.75. The summed E-state index contributed by atoms with van der Waals surface area (Å²) in [5, 5.41) is 3.57. The van der Waals surface area contributed by atoms with Crippen molar-refractivity contribution in [2.45, 2.75) is 31.2 Å². The van der Waals surface area contributed by atoms with E-state index < -0.39 is 0 Å². The summed E-state index contributed by atoms with van der Waals surface area (Å²) in [4.78, 5) is 24.0. The zero-order valence-corrected chi connectivity index (χ0v) is 17.0. The molecule has 154 valence electrons. The number of aromatic nitrogens is 1. The Hall–Kier alpha value is -1.70. The summed E-state index contributed by atoms with van der Waals surface area (Å²) in [5.74, 6) is 0.908. The van der Waals surface area contributed by atoms with Gasteiger partial charge in [-0.1, -0.05) is 12.8 Å². The van der Waals surface area contributed by atoms with Crippen molar-refractivity contribution in [2.24, 2.45) is 0 Å². The number of ether oxygens (including phenoxy) is 1. The van der Waals surface area contributed by atoms with Crippen LogP contribution in [0.4, 0.5) is 5.82 Å². The van der Waals surface area contributed by atoms with E-state index in [2.05, 4.69) is 27.1 Å². The Bertz CT molecular complexity index is 645. The molecule has 2 aliphatic heterocycles. The number of hydrogen-bond donors (Lipinski definition) is 1. The number of piperazine rings is 1. The summed E-state index contributed by atoms with van der Waals surface area (Å²) in [6, 6.07) is 3.84. The molecule has 7 nitrogen and oxygen atoms in total. The Morgan fingerprint density at radius 2 is 1.82 bits per heavy atom. The molecule has 4 rings (SSSR count). The molecule has 1 aromatic heterocycles. The van der Waals surface area contributed by atoms with Gasteiger partial charge in [-0.2, -0.15) is 0 Å². The van der Waals surface area contributed by atoms with Crippen LogP contribution in [0.25, 0.3) is 0 Å². The first-order chi connectivity index (χ1) is 13.7. The topological polar surface area (TPSA) is 60.9 Å². The number of hydrogen-bond acceptors (Lipinski definition) is 6. The third-order valence-electron chi connectivity index (χ3n) is 6.62. The molecule has 0 unspecified atom stereocenters. The average molecular weight is 388 g/mol. The highest BCUT2D eigenvalue weighted by molar-refractivity contribution is 5.94. The molecule has 1 N–H and O–H groups in total. The van der Waals surface area contributed by atoms with Crippen LogP contribution in [0.1, 0.15) is 36.0 Å². The number of carbonyl (C=O) groups excluding carboxylic acids is 1. The Kier molecular flexibility index (Phi) is 6.13. The van der Waals surface area contributed by atoms with Gasteiger partial charge in [0.2, 0.25) is 0 Å². The number of nitrogens with one attached hydrogen (secondary N) is 1. The number of nitrogens with zero attached hydrogens (tertiary/aromatic N) is 4. The van der Waals surface area contributed by atoms with E-state index in [-0.39, 0.29) is 11.4 Å². The minimum absolute atomic E-state index is 0.0482. The minimum atomic E-state index is 0.0482. The van der Waals surface area contributed by atoms with Crippen molar-refractivity contribution < 1.29 is 9.53 Å². The molecule has 7 heteroatoms. The first kappa shape index (κ1) is 19.6. The molecule has 2 saturated heterocycles. The third kappa shape index (κ3) is 4.31. The molecular weight excluding hydrogens is 354 g/mol. The molecule has 1 saturated carbocycles. The third-order valence-corrected chi connectivity index (χ3v) is 6.62. The van der Waals surface area contributed by atoms with Crippen molar-refractivity contribution in [3.05, 3.63) is 23.9 Å². The SMILES string of the molecule is CN1CCN(C2(CNc3ccc(C(=O)N4CCOCC4)cn3)CCCC2)CC1. The maximum absolute atomic E-state index is 12.6. The molecule has 3 aliphatic rings. The highest BCUT2D eigenvalue weighted by atomic mass is 16.5. The van der Waals surface area contributed by atoms with Crippen molar-refractivity contribution in [3.63, 3.8) is 0 Å². The van der Waals surface area contributed by atoms with Gasteiger partial charge < -0.3 is 19.9 Å². The molecule has 3 heterocycles. The summed E-state index contributed by atoms with van der Waals surface area (Å²) in [6.45, 7) is 8.09. The molecule has 0 atom stereocenters. The van der Waals surface area contributed by atoms with E-state index in [1.165, 1.54) is 25.7 Å². The van der Waals surface area contributed by atoms with Crippen LogP contribution in [0.2, 0.25) is 0 Å². The second kappa shape index (κ2) is 8.76. The fraction of sp³-hybridized carbons (Fsp3) is 0.714. The lowest BCUT2D eigenvalue weighted by molar-refractivity contribution is 0.0302. The van der Waals surface area contributed by atoms with E-state index in [1.807, 2.05) is 17.0 Å². The number of carbonyl (C=O) groups is 1. The molecule has 3 fully saturated rings. The van der Waals surface area contributed by atoms with Gasteiger partial charge in [0.1, 0.15) is 5.82 Å². The Labute approximate surface area is 168 Å². The summed E-state index contributed by atoms with van der Waals surface area (Å²) in [6.07, 6.45) is 6.86. The monoisotopic (exact) mass is 387 g/mol. The van der Waals surface area contributed by atoms with Gasteiger partial charge in [0.25, 0.3) is 5.91 Å². The van der Waals surface area contributed by atoms with Crippen LogP contribution in [0, 0.1) is 0 Å². The van der Waals surface area contributed by atoms with Crippen molar-refractivity contribution in [1.82, 2.24) is 19.7 Å². The molecule has 0 aromatic carbocycles. The summed E-state index contributed by atoms with van der Waals surface area (Å²) in [5.41, 5.74) is 0.910. The number of anilines is 1. The van der Waals surface area contributed by atoms with Crippen molar-refractivity contribution >= 4 is 11.7 Å². The largest absolute Gasteiger partial charge is 0.378 e. The molecule has 1 aromatic rings. The highest BCUT2D eigenvalue weighted by Gasteiger charge is 2.40. The van der Waals surface area contributed by atoms with Crippen LogP contribution < -0.4 is 5.32 Å². The van der Waals surface area contributed by atoms with E-state index >= 15 is 0 Å². The maximum Gasteiger partial charge on any atom is 0.255 e. The number of amides is 1. The van der Waals surface area contributed by atoms with Gasteiger partial charge in [-0.15, -0.1) is 0 Å². The molecule has 1 amide bonds. The van der Waals surface area contributed by atoms with Gasteiger partial charge in [0.05, 0.1) is 18.8 Å². The molecular formula is C21H33N5O2. The zero-order chi connectivity index (χ0) is 19.4. The Balaban J connectivity index is 1.36. The maximum atomic E-state index is 12.6. The normalized spacial score (nSPS) is 23.7. The van der Waals surface area contributed by atoms with Crippen LogP contribution in [-0.2, 0) is 4.74 Å². The van der Waals surface area contributed by atoms with Gasteiger partial charge in [0.15, 0.2) is 0 Å². The lowest BCUT2D eigenvalue weighted by Gasteiger charge is -2.45. The fourth-order valence-corrected chi connectivity index (χ4v) is 4.75. The molecule has 0 spiro atoms. The van der Waals surface area contributed by atoms with Crippen molar-refractivity contribution in [2.75, 3.05) is 71.4 Å². The standard InChI is InChI=1S/C21H33N5O2/c1-24-8-10-26(11-9-24)21(6-2-3-7-21)17-23-19-5-4-18(16-22-19)20(27)25-12-14-28-15-13-25/h4-5,16H,2-3,6-15,17H2,1H3,(H,22,23). The highest BCUT2D eigenvalue weighted by Crippen LogP contribution is 2.36. The van der Waals surface area contributed by atoms with Crippen LogP contribution >= 0.6 is 0 Å². The molecule has 0 bridgehead atoms. The van der Waals surface area contributed by atoms with Crippen molar-refractivity contribution in [1.29, 1.82) is 0 Å². The van der Waals surface area contributed by atoms with E-state index in [1.54, 1.807) is 6.20 Å². The Morgan fingerprint density at radius 3 is 2.46 bits per heavy atom. The summed E-state index contributed by atoms with van der Waals surface area (Å²) in [7, 11) is 2.21. The van der Waals surface area contributed by atoms with Gasteiger partial charge in [-0.25, -0.2) is 4.98 Å². The van der Waals surface area contributed by atoms with Crippen molar-refractivity contribution in [3.8, 4) is 0 Å². The second-order valence-electron chi connectivity index (χ2n) is 8.41. The van der Waals surface area contributed by atoms with Crippen LogP contribution in [-0.4, -0.2) is 97.2 Å². The molecule has 28 heavy (non-hydrogen) atoms.